The van der Waals surface area contributed by atoms with Crippen molar-refractivity contribution in [1.82, 2.24) is 10.2 Å². The molecular formula is C14H28N2S. The van der Waals surface area contributed by atoms with E-state index in [4.69, 9.17) is 0 Å². The molecule has 2 fully saturated rings. The normalized spacial score (nSPS) is 28.8. The number of hydrogen-bond donors (Lipinski definition) is 1. The first-order chi connectivity index (χ1) is 8.27. The van der Waals surface area contributed by atoms with Gasteiger partial charge in [-0.15, -0.1) is 0 Å². The molecule has 1 aliphatic heterocycles. The Balaban J connectivity index is 1.66. The van der Waals surface area contributed by atoms with Gasteiger partial charge >= 0.3 is 0 Å². The van der Waals surface area contributed by atoms with E-state index in [0.29, 0.717) is 6.04 Å². The van der Waals surface area contributed by atoms with Gasteiger partial charge in [0.2, 0.25) is 0 Å². The molecule has 0 bridgehead atoms. The van der Waals surface area contributed by atoms with Crippen LogP contribution in [0.5, 0.6) is 0 Å². The Kier molecular flexibility index (Phi) is 5.64. The summed E-state index contributed by atoms with van der Waals surface area (Å²) in [7, 11) is 2.31. The van der Waals surface area contributed by atoms with Gasteiger partial charge < -0.3 is 5.32 Å². The fourth-order valence-electron chi connectivity index (χ4n) is 2.99. The van der Waals surface area contributed by atoms with Crippen LogP contribution in [-0.4, -0.2) is 48.1 Å². The Bertz CT molecular complexity index is 210. The highest BCUT2D eigenvalue weighted by atomic mass is 32.2. The summed E-state index contributed by atoms with van der Waals surface area (Å²) in [5.41, 5.74) is 0. The minimum absolute atomic E-state index is 0.681. The van der Waals surface area contributed by atoms with Crippen LogP contribution in [0.15, 0.2) is 0 Å². The van der Waals surface area contributed by atoms with E-state index >= 15 is 0 Å². The van der Waals surface area contributed by atoms with Crippen molar-refractivity contribution in [3.63, 3.8) is 0 Å². The van der Waals surface area contributed by atoms with Gasteiger partial charge in [-0.3, -0.25) is 4.90 Å². The molecule has 17 heavy (non-hydrogen) atoms. The topological polar surface area (TPSA) is 15.3 Å². The molecule has 1 aliphatic carbocycles. The average molecular weight is 256 g/mol. The lowest BCUT2D eigenvalue weighted by Gasteiger charge is -2.32. The van der Waals surface area contributed by atoms with Crippen molar-refractivity contribution in [3.05, 3.63) is 0 Å². The van der Waals surface area contributed by atoms with Gasteiger partial charge in [0.1, 0.15) is 0 Å². The maximum atomic E-state index is 3.78. The second-order valence-electron chi connectivity index (χ2n) is 5.78. The Morgan fingerprint density at radius 1 is 1.24 bits per heavy atom. The van der Waals surface area contributed by atoms with Gasteiger partial charge in [-0.2, -0.15) is 11.8 Å². The third-order valence-corrected chi connectivity index (χ3v) is 5.63. The monoisotopic (exact) mass is 256 g/mol. The van der Waals surface area contributed by atoms with E-state index in [1.54, 1.807) is 0 Å². The summed E-state index contributed by atoms with van der Waals surface area (Å²) in [6, 6.07) is 2.31. The smallest absolute Gasteiger partial charge is 0.0194 e. The molecule has 2 nitrogen and oxygen atoms in total. The molecule has 1 N–H and O–H groups in total. The van der Waals surface area contributed by atoms with Crippen molar-refractivity contribution in [3.8, 4) is 0 Å². The molecule has 0 radical (unpaired) electrons. The van der Waals surface area contributed by atoms with Gasteiger partial charge in [-0.25, -0.2) is 0 Å². The van der Waals surface area contributed by atoms with Crippen LogP contribution in [0, 0.1) is 0 Å². The SMILES string of the molecule is CC(CNC1CCCCC1)N(C)C1CCSC1. The zero-order valence-electron chi connectivity index (χ0n) is 11.5. The first kappa shape index (κ1) is 13.7. The number of thioether (sulfide) groups is 1. The zero-order chi connectivity index (χ0) is 12.1. The Morgan fingerprint density at radius 2 is 2.00 bits per heavy atom. The molecule has 0 aromatic heterocycles. The van der Waals surface area contributed by atoms with Crippen molar-refractivity contribution >= 4 is 11.8 Å². The van der Waals surface area contributed by atoms with E-state index in [0.717, 1.165) is 12.1 Å². The van der Waals surface area contributed by atoms with Crippen LogP contribution in [0.4, 0.5) is 0 Å². The molecular weight excluding hydrogens is 228 g/mol. The van der Waals surface area contributed by atoms with Gasteiger partial charge in [-0.1, -0.05) is 19.3 Å². The predicted octanol–water partition coefficient (Wildman–Crippen LogP) is 2.73. The van der Waals surface area contributed by atoms with Gasteiger partial charge in [0, 0.05) is 30.4 Å². The third-order valence-electron chi connectivity index (χ3n) is 4.48. The van der Waals surface area contributed by atoms with Crippen molar-refractivity contribution in [1.29, 1.82) is 0 Å². The fraction of sp³-hybridized carbons (Fsp3) is 1.00. The van der Waals surface area contributed by atoms with Crippen molar-refractivity contribution in [2.45, 2.75) is 63.6 Å². The first-order valence-electron chi connectivity index (χ1n) is 7.30. The second kappa shape index (κ2) is 7.01. The van der Waals surface area contributed by atoms with Crippen molar-refractivity contribution in [2.24, 2.45) is 0 Å². The summed E-state index contributed by atoms with van der Waals surface area (Å²) in [4.78, 5) is 2.59. The molecule has 1 heterocycles. The van der Waals surface area contributed by atoms with Crippen LogP contribution in [0.2, 0.25) is 0 Å². The number of hydrogen-bond acceptors (Lipinski definition) is 3. The highest BCUT2D eigenvalue weighted by molar-refractivity contribution is 7.99. The van der Waals surface area contributed by atoms with E-state index < -0.39 is 0 Å². The Hall–Kier alpha value is 0.270. The molecule has 3 heteroatoms. The molecule has 2 aliphatic rings. The van der Waals surface area contributed by atoms with Gasteiger partial charge in [0.05, 0.1) is 0 Å². The maximum absolute atomic E-state index is 3.78. The minimum Gasteiger partial charge on any atom is -0.312 e. The number of likely N-dealkylation sites (N-methyl/N-ethyl adjacent to an activating group) is 1. The summed E-state index contributed by atoms with van der Waals surface area (Å²) in [5.74, 6) is 2.70. The predicted molar refractivity (Wildman–Crippen MR) is 77.8 cm³/mol. The lowest BCUT2D eigenvalue weighted by molar-refractivity contribution is 0.188. The average Bonchev–Trinajstić information content (AvgIpc) is 2.90. The molecule has 0 amide bonds. The number of nitrogens with zero attached hydrogens (tertiary/aromatic N) is 1. The largest absolute Gasteiger partial charge is 0.312 e. The maximum Gasteiger partial charge on any atom is 0.0194 e. The lowest BCUT2D eigenvalue weighted by atomic mass is 9.95. The molecule has 2 rings (SSSR count). The van der Waals surface area contributed by atoms with Crippen LogP contribution < -0.4 is 5.32 Å². The van der Waals surface area contributed by atoms with Gasteiger partial charge in [0.15, 0.2) is 0 Å². The van der Waals surface area contributed by atoms with Crippen molar-refractivity contribution < 1.29 is 0 Å². The van der Waals surface area contributed by atoms with Crippen LogP contribution in [0.25, 0.3) is 0 Å². The van der Waals surface area contributed by atoms with E-state index in [2.05, 4.69) is 35.9 Å². The van der Waals surface area contributed by atoms with Crippen LogP contribution >= 0.6 is 11.8 Å². The summed E-state index contributed by atoms with van der Waals surface area (Å²) in [6.45, 7) is 3.54. The van der Waals surface area contributed by atoms with E-state index in [1.807, 2.05) is 0 Å². The third kappa shape index (κ3) is 4.15. The lowest BCUT2D eigenvalue weighted by Crippen LogP contribution is -2.46. The van der Waals surface area contributed by atoms with Gasteiger partial charge in [0.25, 0.3) is 0 Å². The fourth-order valence-corrected chi connectivity index (χ4v) is 4.27. The number of nitrogens with one attached hydrogen (secondary N) is 1. The highest BCUT2D eigenvalue weighted by Crippen LogP contribution is 2.23. The molecule has 0 spiro atoms. The van der Waals surface area contributed by atoms with Crippen molar-refractivity contribution in [2.75, 3.05) is 25.1 Å². The van der Waals surface area contributed by atoms with Crippen LogP contribution in [0.1, 0.15) is 45.4 Å². The molecule has 100 valence electrons. The second-order valence-corrected chi connectivity index (χ2v) is 6.92. The van der Waals surface area contributed by atoms with E-state index in [-0.39, 0.29) is 0 Å². The molecule has 2 unspecified atom stereocenters. The summed E-state index contributed by atoms with van der Waals surface area (Å²) in [5, 5.41) is 3.78. The van der Waals surface area contributed by atoms with Crippen LogP contribution in [0.3, 0.4) is 0 Å². The number of rotatable bonds is 5. The summed E-state index contributed by atoms with van der Waals surface area (Å²) < 4.78 is 0. The molecule has 0 aromatic rings. The Morgan fingerprint density at radius 3 is 2.65 bits per heavy atom. The highest BCUT2D eigenvalue weighted by Gasteiger charge is 2.24. The Labute approximate surface area is 111 Å². The molecule has 1 saturated carbocycles. The van der Waals surface area contributed by atoms with Gasteiger partial charge in [-0.05, 0) is 39.0 Å². The molecule has 2 atom stereocenters. The minimum atomic E-state index is 0.681. The molecule has 1 saturated heterocycles. The van der Waals surface area contributed by atoms with Crippen LogP contribution in [-0.2, 0) is 0 Å². The van der Waals surface area contributed by atoms with E-state index in [9.17, 15) is 0 Å². The standard InChI is InChI=1S/C14H28N2S/c1-12(16(2)14-8-9-17-11-14)10-15-13-6-4-3-5-7-13/h12-15H,3-11H2,1-2H3. The first-order valence-corrected chi connectivity index (χ1v) is 8.46. The quantitative estimate of drug-likeness (QED) is 0.814. The zero-order valence-corrected chi connectivity index (χ0v) is 12.3. The summed E-state index contributed by atoms with van der Waals surface area (Å²) >= 11 is 2.11. The van der Waals surface area contributed by atoms with E-state index in [1.165, 1.54) is 56.6 Å². The molecule has 0 aromatic carbocycles. The summed E-state index contributed by atoms with van der Waals surface area (Å²) in [6.07, 6.45) is 8.50.